The van der Waals surface area contributed by atoms with E-state index >= 15 is 0 Å². The molecule has 2 amide bonds. The molecule has 3 aromatic carbocycles. The second-order valence-corrected chi connectivity index (χ2v) is 11.3. The summed E-state index contributed by atoms with van der Waals surface area (Å²) in [6.45, 7) is 7.00. The third kappa shape index (κ3) is 7.12. The molecule has 3 aromatic rings. The highest BCUT2D eigenvalue weighted by Gasteiger charge is 2.33. The number of nitrogens with one attached hydrogen (secondary N) is 1. The van der Waals surface area contributed by atoms with E-state index < -0.39 is 28.5 Å². The van der Waals surface area contributed by atoms with Crippen LogP contribution in [0.1, 0.15) is 30.5 Å². The van der Waals surface area contributed by atoms with Gasteiger partial charge in [-0.3, -0.25) is 13.9 Å². The number of nitrogens with zero attached hydrogens (tertiary/aromatic N) is 2. The molecule has 1 atom stereocenters. The van der Waals surface area contributed by atoms with Gasteiger partial charge in [0.05, 0.1) is 24.8 Å². The SMILES string of the molecule is CCNC(=O)[C@@H](C)N(Cc1cccc(OC)c1)C(=O)CN(c1cc(C)ccc1OC)S(=O)(=O)c1ccc(C)cc1. The van der Waals surface area contributed by atoms with Crippen LogP contribution in [0, 0.1) is 13.8 Å². The molecular weight excluding hydrogens is 530 g/mol. The summed E-state index contributed by atoms with van der Waals surface area (Å²) in [5.41, 5.74) is 2.64. The number of anilines is 1. The summed E-state index contributed by atoms with van der Waals surface area (Å²) in [6.07, 6.45) is 0. The van der Waals surface area contributed by atoms with Gasteiger partial charge in [0.25, 0.3) is 10.0 Å². The van der Waals surface area contributed by atoms with E-state index in [0.29, 0.717) is 18.0 Å². The number of hydrogen-bond donors (Lipinski definition) is 1. The minimum absolute atomic E-state index is 0.0329. The first kappa shape index (κ1) is 30.5. The van der Waals surface area contributed by atoms with Crippen LogP contribution >= 0.6 is 0 Å². The number of carbonyl (C=O) groups excluding carboxylic acids is 2. The Morgan fingerprint density at radius 2 is 1.60 bits per heavy atom. The largest absolute Gasteiger partial charge is 0.497 e. The summed E-state index contributed by atoms with van der Waals surface area (Å²) < 4.78 is 39.9. The lowest BCUT2D eigenvalue weighted by Gasteiger charge is -2.32. The molecule has 0 aliphatic heterocycles. The highest BCUT2D eigenvalue weighted by atomic mass is 32.2. The molecule has 0 spiro atoms. The van der Waals surface area contributed by atoms with Crippen molar-refractivity contribution in [1.82, 2.24) is 10.2 Å². The highest BCUT2D eigenvalue weighted by molar-refractivity contribution is 7.92. The highest BCUT2D eigenvalue weighted by Crippen LogP contribution is 2.34. The van der Waals surface area contributed by atoms with Crippen LogP contribution in [0.2, 0.25) is 0 Å². The molecule has 0 fully saturated rings. The van der Waals surface area contributed by atoms with Crippen LogP contribution in [-0.2, 0) is 26.2 Å². The molecule has 0 bridgehead atoms. The number of benzene rings is 3. The number of methoxy groups -OCH3 is 2. The molecule has 0 saturated heterocycles. The van der Waals surface area contributed by atoms with E-state index in [2.05, 4.69) is 5.32 Å². The molecule has 0 saturated carbocycles. The first-order valence-corrected chi connectivity index (χ1v) is 14.4. The van der Waals surface area contributed by atoms with Gasteiger partial charge in [0.1, 0.15) is 24.1 Å². The minimum atomic E-state index is -4.20. The zero-order valence-electron chi connectivity index (χ0n) is 23.8. The van der Waals surface area contributed by atoms with Crippen LogP contribution in [-0.4, -0.2) is 58.5 Å². The molecule has 0 aromatic heterocycles. The third-order valence-electron chi connectivity index (χ3n) is 6.50. The van der Waals surface area contributed by atoms with E-state index in [1.54, 1.807) is 69.5 Å². The average Bonchev–Trinajstić information content (AvgIpc) is 2.94. The molecule has 9 nitrogen and oxygen atoms in total. The molecule has 10 heteroatoms. The normalized spacial score (nSPS) is 11.8. The van der Waals surface area contributed by atoms with Crippen LogP contribution in [0.15, 0.2) is 71.6 Å². The average molecular weight is 568 g/mol. The fraction of sp³-hybridized carbons (Fsp3) is 0.333. The maximum absolute atomic E-state index is 14.0. The maximum atomic E-state index is 14.0. The zero-order chi connectivity index (χ0) is 29.4. The van der Waals surface area contributed by atoms with Crippen LogP contribution < -0.4 is 19.1 Å². The fourth-order valence-electron chi connectivity index (χ4n) is 4.22. The van der Waals surface area contributed by atoms with E-state index in [1.807, 2.05) is 19.9 Å². The van der Waals surface area contributed by atoms with Crippen molar-refractivity contribution < 1.29 is 27.5 Å². The second-order valence-electron chi connectivity index (χ2n) is 9.44. The van der Waals surface area contributed by atoms with Gasteiger partial charge >= 0.3 is 0 Å². The summed E-state index contributed by atoms with van der Waals surface area (Å²) in [6, 6.07) is 17.8. The third-order valence-corrected chi connectivity index (χ3v) is 8.27. The Labute approximate surface area is 236 Å². The zero-order valence-corrected chi connectivity index (χ0v) is 24.6. The van der Waals surface area contributed by atoms with Crippen molar-refractivity contribution in [3.8, 4) is 11.5 Å². The summed E-state index contributed by atoms with van der Waals surface area (Å²) >= 11 is 0. The van der Waals surface area contributed by atoms with E-state index in [9.17, 15) is 18.0 Å². The van der Waals surface area contributed by atoms with Crippen molar-refractivity contribution in [3.05, 3.63) is 83.4 Å². The Kier molecular flexibility index (Phi) is 10.2. The molecule has 0 aliphatic carbocycles. The second kappa shape index (κ2) is 13.3. The standard InChI is InChI=1S/C30H37N3O6S/c1-7-31-30(35)23(4)32(19-24-9-8-10-25(18-24)38-5)29(34)20-33(27-17-22(3)13-16-28(27)39-6)40(36,37)26-14-11-21(2)12-15-26/h8-18,23H,7,19-20H2,1-6H3,(H,31,35)/t23-/m1/s1. The summed E-state index contributed by atoms with van der Waals surface area (Å²) in [7, 11) is -1.22. The number of aryl methyl sites for hydroxylation is 2. The molecule has 3 rings (SSSR count). The van der Waals surface area contributed by atoms with Gasteiger partial charge in [-0.1, -0.05) is 35.9 Å². The lowest BCUT2D eigenvalue weighted by molar-refractivity contribution is -0.139. The van der Waals surface area contributed by atoms with Crippen molar-refractivity contribution in [2.45, 2.75) is 45.2 Å². The van der Waals surface area contributed by atoms with Crippen LogP contribution in [0.5, 0.6) is 11.5 Å². The van der Waals surface area contributed by atoms with Gasteiger partial charge in [-0.2, -0.15) is 0 Å². The number of carbonyl (C=O) groups is 2. The maximum Gasteiger partial charge on any atom is 0.264 e. The van der Waals surface area contributed by atoms with Crippen LogP contribution in [0.3, 0.4) is 0 Å². The Morgan fingerprint density at radius 1 is 0.925 bits per heavy atom. The first-order valence-electron chi connectivity index (χ1n) is 13.0. The van der Waals surface area contributed by atoms with Crippen molar-refractivity contribution >= 4 is 27.5 Å². The molecular formula is C30H37N3O6S. The number of amides is 2. The van der Waals surface area contributed by atoms with Gasteiger partial charge in [0.2, 0.25) is 11.8 Å². The number of rotatable bonds is 12. The molecule has 0 unspecified atom stereocenters. The van der Waals surface area contributed by atoms with Gasteiger partial charge in [0.15, 0.2) is 0 Å². The number of likely N-dealkylation sites (N-methyl/N-ethyl adjacent to an activating group) is 1. The summed E-state index contributed by atoms with van der Waals surface area (Å²) in [4.78, 5) is 28.3. The topological polar surface area (TPSA) is 105 Å². The van der Waals surface area contributed by atoms with E-state index in [-0.39, 0.29) is 23.0 Å². The molecule has 40 heavy (non-hydrogen) atoms. The van der Waals surface area contributed by atoms with Crippen LogP contribution in [0.25, 0.3) is 0 Å². The summed E-state index contributed by atoms with van der Waals surface area (Å²) in [5, 5.41) is 2.75. The van der Waals surface area contributed by atoms with E-state index in [1.165, 1.54) is 24.1 Å². The van der Waals surface area contributed by atoms with Gasteiger partial charge in [-0.05, 0) is 75.2 Å². The molecule has 0 aliphatic rings. The lowest BCUT2D eigenvalue weighted by Crippen LogP contribution is -2.51. The molecule has 0 radical (unpaired) electrons. The fourth-order valence-corrected chi connectivity index (χ4v) is 5.63. The Balaban J connectivity index is 2.10. The van der Waals surface area contributed by atoms with Gasteiger partial charge in [0, 0.05) is 13.1 Å². The van der Waals surface area contributed by atoms with Crippen LogP contribution in [0.4, 0.5) is 5.69 Å². The quantitative estimate of drug-likeness (QED) is 0.354. The van der Waals surface area contributed by atoms with Gasteiger partial charge in [-0.15, -0.1) is 0 Å². The Morgan fingerprint density at radius 3 is 2.23 bits per heavy atom. The van der Waals surface area contributed by atoms with Crippen molar-refractivity contribution in [3.63, 3.8) is 0 Å². The van der Waals surface area contributed by atoms with Gasteiger partial charge in [-0.25, -0.2) is 8.42 Å². The molecule has 1 N–H and O–H groups in total. The minimum Gasteiger partial charge on any atom is -0.497 e. The predicted octanol–water partition coefficient (Wildman–Crippen LogP) is 4.07. The number of hydrogen-bond acceptors (Lipinski definition) is 6. The van der Waals surface area contributed by atoms with Crippen molar-refractivity contribution in [2.24, 2.45) is 0 Å². The monoisotopic (exact) mass is 567 g/mol. The lowest BCUT2D eigenvalue weighted by atomic mass is 10.1. The van der Waals surface area contributed by atoms with E-state index in [0.717, 1.165) is 21.0 Å². The van der Waals surface area contributed by atoms with Crippen molar-refractivity contribution in [1.29, 1.82) is 0 Å². The molecule has 214 valence electrons. The van der Waals surface area contributed by atoms with E-state index in [4.69, 9.17) is 9.47 Å². The first-order chi connectivity index (χ1) is 19.0. The van der Waals surface area contributed by atoms with Crippen molar-refractivity contribution in [2.75, 3.05) is 31.6 Å². The Hall–Kier alpha value is -4.05. The summed E-state index contributed by atoms with van der Waals surface area (Å²) in [5.74, 6) is -0.00511. The number of sulfonamides is 1. The Bertz CT molecular complexity index is 1440. The molecule has 0 heterocycles. The van der Waals surface area contributed by atoms with Gasteiger partial charge < -0.3 is 19.7 Å². The smallest absolute Gasteiger partial charge is 0.264 e. The predicted molar refractivity (Wildman–Crippen MR) is 155 cm³/mol. The number of ether oxygens (including phenoxy) is 2.